The van der Waals surface area contributed by atoms with Crippen LogP contribution in [0, 0.1) is 6.92 Å². The highest BCUT2D eigenvalue weighted by Gasteiger charge is 2.27. The molecule has 0 fully saturated rings. The largest absolute Gasteiger partial charge is 0.465 e. The van der Waals surface area contributed by atoms with Gasteiger partial charge in [0.05, 0.1) is 18.4 Å². The van der Waals surface area contributed by atoms with Gasteiger partial charge in [0.25, 0.3) is 0 Å². The van der Waals surface area contributed by atoms with Gasteiger partial charge in [0.2, 0.25) is 5.91 Å². The number of ether oxygens (including phenoxy) is 1. The summed E-state index contributed by atoms with van der Waals surface area (Å²) in [7, 11) is 1.38. The number of nitrogens with zero attached hydrogens (tertiary/aromatic N) is 3. The molecule has 0 aliphatic heterocycles. The second-order valence-corrected chi connectivity index (χ2v) is 9.66. The fraction of sp³-hybridized carbons (Fsp3) is 0.391. The molecule has 9 heteroatoms. The molecule has 3 aromatic rings. The molecule has 1 aromatic carbocycles. The quantitative estimate of drug-likeness (QED) is 0.397. The van der Waals surface area contributed by atoms with Gasteiger partial charge in [-0.15, -0.1) is 21.5 Å². The van der Waals surface area contributed by atoms with Gasteiger partial charge in [-0.05, 0) is 50.7 Å². The summed E-state index contributed by atoms with van der Waals surface area (Å²) in [5.74, 6) is 0.407. The van der Waals surface area contributed by atoms with Crippen LogP contribution in [0.4, 0.5) is 5.00 Å². The lowest BCUT2D eigenvalue weighted by Crippen LogP contribution is -2.17. The first kappa shape index (κ1) is 22.5. The summed E-state index contributed by atoms with van der Waals surface area (Å²) in [5.41, 5.74) is 3.71. The number of esters is 1. The summed E-state index contributed by atoms with van der Waals surface area (Å²) in [6, 6.07) is 8.05. The lowest BCUT2D eigenvalue weighted by molar-refractivity contribution is -0.113. The molecular formula is C23H26N4O3S2. The SMILES string of the molecule is CCn1c(SCC(=O)Nc2sc3c(c2C(=O)OC)CCCC3)nnc1-c1ccccc1C. The summed E-state index contributed by atoms with van der Waals surface area (Å²) in [6.07, 6.45) is 3.94. The molecular weight excluding hydrogens is 444 g/mol. The van der Waals surface area contributed by atoms with Crippen molar-refractivity contribution in [3.05, 3.63) is 45.8 Å². The van der Waals surface area contributed by atoms with Crippen molar-refractivity contribution in [2.75, 3.05) is 18.2 Å². The number of hydrogen-bond acceptors (Lipinski definition) is 7. The first-order valence-electron chi connectivity index (χ1n) is 10.7. The summed E-state index contributed by atoms with van der Waals surface area (Å²) >= 11 is 2.83. The molecule has 1 N–H and O–H groups in total. The fourth-order valence-corrected chi connectivity index (χ4v) is 6.06. The molecule has 4 rings (SSSR count). The zero-order valence-electron chi connectivity index (χ0n) is 18.4. The normalized spacial score (nSPS) is 13.0. The molecule has 0 saturated carbocycles. The number of rotatable bonds is 7. The highest BCUT2D eigenvalue weighted by atomic mass is 32.2. The van der Waals surface area contributed by atoms with E-state index in [-0.39, 0.29) is 17.6 Å². The number of aromatic nitrogens is 3. The molecule has 1 aliphatic carbocycles. The molecule has 168 valence electrons. The van der Waals surface area contributed by atoms with E-state index in [1.54, 1.807) is 0 Å². The van der Waals surface area contributed by atoms with Crippen LogP contribution in [0.5, 0.6) is 0 Å². The van der Waals surface area contributed by atoms with Crippen LogP contribution in [0.3, 0.4) is 0 Å². The maximum absolute atomic E-state index is 12.8. The van der Waals surface area contributed by atoms with Gasteiger partial charge in [-0.1, -0.05) is 36.0 Å². The van der Waals surface area contributed by atoms with Crippen molar-refractivity contribution in [2.45, 2.75) is 51.2 Å². The Morgan fingerprint density at radius 1 is 1.22 bits per heavy atom. The average Bonchev–Trinajstić information content (AvgIpc) is 3.38. The minimum atomic E-state index is -0.388. The monoisotopic (exact) mass is 470 g/mol. The lowest BCUT2D eigenvalue weighted by Gasteiger charge is -2.11. The van der Waals surface area contributed by atoms with E-state index in [0.29, 0.717) is 22.3 Å². The van der Waals surface area contributed by atoms with Crippen molar-refractivity contribution >= 4 is 40.0 Å². The zero-order chi connectivity index (χ0) is 22.7. The Labute approximate surface area is 195 Å². The number of thiophene rings is 1. The number of carbonyl (C=O) groups excluding carboxylic acids is 2. The minimum Gasteiger partial charge on any atom is -0.465 e. The van der Waals surface area contributed by atoms with E-state index in [9.17, 15) is 9.59 Å². The summed E-state index contributed by atoms with van der Waals surface area (Å²) in [4.78, 5) is 26.3. The van der Waals surface area contributed by atoms with Gasteiger partial charge in [-0.25, -0.2) is 4.79 Å². The Morgan fingerprint density at radius 2 is 2.00 bits per heavy atom. The molecule has 0 atom stereocenters. The molecule has 1 amide bonds. The van der Waals surface area contributed by atoms with Crippen molar-refractivity contribution < 1.29 is 14.3 Å². The third kappa shape index (κ3) is 4.45. The number of amides is 1. The Morgan fingerprint density at radius 3 is 2.75 bits per heavy atom. The van der Waals surface area contributed by atoms with Crippen LogP contribution in [-0.4, -0.2) is 39.5 Å². The van der Waals surface area contributed by atoms with Crippen LogP contribution < -0.4 is 5.32 Å². The van der Waals surface area contributed by atoms with Crippen molar-refractivity contribution in [1.29, 1.82) is 0 Å². The van der Waals surface area contributed by atoms with E-state index in [4.69, 9.17) is 4.74 Å². The first-order valence-corrected chi connectivity index (χ1v) is 12.5. The Kier molecular flexibility index (Phi) is 6.95. The van der Waals surface area contributed by atoms with Gasteiger partial charge in [0.1, 0.15) is 5.00 Å². The lowest BCUT2D eigenvalue weighted by atomic mass is 9.95. The van der Waals surface area contributed by atoms with Crippen LogP contribution in [-0.2, 0) is 28.9 Å². The molecule has 0 bridgehead atoms. The van der Waals surface area contributed by atoms with E-state index in [0.717, 1.165) is 48.2 Å². The Bertz CT molecular complexity index is 1150. The number of aryl methyl sites for hydroxylation is 2. The molecule has 0 saturated heterocycles. The molecule has 32 heavy (non-hydrogen) atoms. The van der Waals surface area contributed by atoms with Gasteiger partial charge < -0.3 is 14.6 Å². The predicted octanol–water partition coefficient (Wildman–Crippen LogP) is 4.73. The number of carbonyl (C=O) groups is 2. The van der Waals surface area contributed by atoms with Crippen LogP contribution in [0.2, 0.25) is 0 Å². The summed E-state index contributed by atoms with van der Waals surface area (Å²) < 4.78 is 7.00. The third-order valence-corrected chi connectivity index (χ3v) is 7.74. The van der Waals surface area contributed by atoms with E-state index in [2.05, 4.69) is 15.5 Å². The Hall–Kier alpha value is -2.65. The highest BCUT2D eigenvalue weighted by Crippen LogP contribution is 2.38. The number of hydrogen-bond donors (Lipinski definition) is 1. The zero-order valence-corrected chi connectivity index (χ0v) is 20.1. The molecule has 0 radical (unpaired) electrons. The van der Waals surface area contributed by atoms with Crippen molar-refractivity contribution in [3.63, 3.8) is 0 Å². The van der Waals surface area contributed by atoms with E-state index < -0.39 is 0 Å². The minimum absolute atomic E-state index is 0.176. The number of thioether (sulfide) groups is 1. The second kappa shape index (κ2) is 9.87. The van der Waals surface area contributed by atoms with Crippen molar-refractivity contribution in [1.82, 2.24) is 14.8 Å². The highest BCUT2D eigenvalue weighted by molar-refractivity contribution is 7.99. The molecule has 2 aromatic heterocycles. The van der Waals surface area contributed by atoms with E-state index >= 15 is 0 Å². The van der Waals surface area contributed by atoms with Gasteiger partial charge >= 0.3 is 5.97 Å². The van der Waals surface area contributed by atoms with Gasteiger partial charge in [-0.2, -0.15) is 0 Å². The van der Waals surface area contributed by atoms with Crippen molar-refractivity contribution in [2.24, 2.45) is 0 Å². The third-order valence-electron chi connectivity index (χ3n) is 5.57. The maximum atomic E-state index is 12.8. The number of benzene rings is 1. The van der Waals surface area contributed by atoms with Crippen LogP contribution in [0.15, 0.2) is 29.4 Å². The summed E-state index contributed by atoms with van der Waals surface area (Å²) in [6.45, 7) is 4.78. The number of nitrogens with one attached hydrogen (secondary N) is 1. The van der Waals surface area contributed by atoms with Crippen LogP contribution in [0.25, 0.3) is 11.4 Å². The van der Waals surface area contributed by atoms with Crippen LogP contribution >= 0.6 is 23.1 Å². The predicted molar refractivity (Wildman–Crippen MR) is 128 cm³/mol. The molecule has 2 heterocycles. The van der Waals surface area contributed by atoms with Gasteiger partial charge in [0, 0.05) is 17.0 Å². The summed E-state index contributed by atoms with van der Waals surface area (Å²) in [5, 5.41) is 12.9. The average molecular weight is 471 g/mol. The second-order valence-electron chi connectivity index (χ2n) is 7.61. The number of anilines is 1. The molecule has 0 spiro atoms. The molecule has 1 aliphatic rings. The fourth-order valence-electron chi connectivity index (χ4n) is 3.97. The van der Waals surface area contributed by atoms with Gasteiger partial charge in [0.15, 0.2) is 11.0 Å². The molecule has 0 unspecified atom stereocenters. The standard InChI is InChI=1S/C23H26N4O3S2/c1-4-27-20(15-10-6-5-9-14(15)2)25-26-23(27)31-13-18(28)24-21-19(22(29)30-3)16-11-7-8-12-17(16)32-21/h5-6,9-10H,4,7-8,11-13H2,1-3H3,(H,24,28). The van der Waals surface area contributed by atoms with E-state index in [1.165, 1.54) is 35.1 Å². The topological polar surface area (TPSA) is 86.1 Å². The molecule has 7 nitrogen and oxygen atoms in total. The van der Waals surface area contributed by atoms with E-state index in [1.807, 2.05) is 42.7 Å². The van der Waals surface area contributed by atoms with Crippen LogP contribution in [0.1, 0.15) is 46.1 Å². The maximum Gasteiger partial charge on any atom is 0.341 e. The van der Waals surface area contributed by atoms with Gasteiger partial charge in [-0.3, -0.25) is 4.79 Å². The smallest absolute Gasteiger partial charge is 0.341 e. The number of methoxy groups -OCH3 is 1. The Balaban J connectivity index is 1.49. The van der Waals surface area contributed by atoms with Crippen molar-refractivity contribution in [3.8, 4) is 11.4 Å². The number of fused-ring (bicyclic) bond motifs is 1. The first-order chi connectivity index (χ1) is 15.5.